The molecule has 0 unspecified atom stereocenters. The van der Waals surface area contributed by atoms with Gasteiger partial charge in [0.25, 0.3) is 5.91 Å². The number of carbonyl (C=O) groups is 1. The van der Waals surface area contributed by atoms with Crippen molar-refractivity contribution in [3.05, 3.63) is 101 Å². The Bertz CT molecular complexity index is 1580. The number of anilines is 3. The van der Waals surface area contributed by atoms with E-state index in [9.17, 15) is 10.1 Å². The lowest BCUT2D eigenvalue weighted by Gasteiger charge is -2.17. The number of halogens is 1. The summed E-state index contributed by atoms with van der Waals surface area (Å²) in [7, 11) is 1.65. The van der Waals surface area contributed by atoms with E-state index in [2.05, 4.69) is 43.4 Å². The van der Waals surface area contributed by atoms with E-state index in [1.54, 1.807) is 75.8 Å². The van der Waals surface area contributed by atoms with Crippen molar-refractivity contribution in [3.8, 4) is 6.07 Å². The Morgan fingerprint density at radius 3 is 2.61 bits per heavy atom. The summed E-state index contributed by atoms with van der Waals surface area (Å²) in [6.07, 6.45) is 3.32. The summed E-state index contributed by atoms with van der Waals surface area (Å²) in [6, 6.07) is 19.0. The molecule has 0 aliphatic rings. The second-order valence-corrected chi connectivity index (χ2v) is 8.93. The molecule has 38 heavy (non-hydrogen) atoms. The Balaban J connectivity index is 1.62. The van der Waals surface area contributed by atoms with Crippen molar-refractivity contribution in [1.82, 2.24) is 9.97 Å². The van der Waals surface area contributed by atoms with E-state index in [-0.39, 0.29) is 11.4 Å². The molecule has 0 fully saturated rings. The number of pyridine rings is 1. The van der Waals surface area contributed by atoms with Gasteiger partial charge in [0.2, 0.25) is 0 Å². The van der Waals surface area contributed by atoms with Gasteiger partial charge in [-0.3, -0.25) is 9.79 Å². The third kappa shape index (κ3) is 5.20. The fourth-order valence-corrected chi connectivity index (χ4v) is 3.93. The number of nitriles is 1. The Morgan fingerprint density at radius 1 is 1.11 bits per heavy atom. The first-order valence-electron chi connectivity index (χ1n) is 11.7. The van der Waals surface area contributed by atoms with E-state index in [1.807, 2.05) is 12.1 Å². The molecule has 3 N–H and O–H groups in total. The van der Waals surface area contributed by atoms with Gasteiger partial charge in [-0.25, -0.2) is 14.4 Å². The highest BCUT2D eigenvalue weighted by Crippen LogP contribution is 2.30. The number of H-pyrrole nitrogens is 1. The maximum absolute atomic E-state index is 15.6. The number of rotatable bonds is 8. The quantitative estimate of drug-likeness (QED) is 0.248. The standard InChI is InChI=1S/C29H26FN7O/c1-29(2,17-31)19-9-5-8-18(16-19)28(38)37-23-12-6-11-22(24(23)30)36-27-20(10-7-14-34-27)25(32-3)21-13-15-35-26(21)33-4/h5-16,35H,4H2,1-3H3,(H,34,36)(H,37,38). The number of aromatic amines is 1. The number of aromatic nitrogens is 2. The van der Waals surface area contributed by atoms with Gasteiger partial charge in [-0.05, 0) is 68.6 Å². The number of benzene rings is 2. The average molecular weight is 508 g/mol. The largest absolute Gasteiger partial charge is 0.346 e. The smallest absolute Gasteiger partial charge is 0.255 e. The molecular weight excluding hydrogens is 481 g/mol. The monoisotopic (exact) mass is 507 g/mol. The Kier molecular flexibility index (Phi) is 7.44. The van der Waals surface area contributed by atoms with Gasteiger partial charge in [-0.15, -0.1) is 0 Å². The van der Waals surface area contributed by atoms with Crippen molar-refractivity contribution in [2.75, 3.05) is 17.7 Å². The molecule has 0 spiro atoms. The first kappa shape index (κ1) is 26.0. The van der Waals surface area contributed by atoms with E-state index in [1.165, 1.54) is 6.07 Å². The third-order valence-corrected chi connectivity index (χ3v) is 6.05. The lowest BCUT2D eigenvalue weighted by Crippen LogP contribution is -2.17. The SMILES string of the molecule is C=Nc1[nH]ccc1C(=NC)c1cccnc1Nc1cccc(NC(=O)c2cccc(C(C)(C)C#N)c2)c1F. The molecule has 4 aromatic rings. The summed E-state index contributed by atoms with van der Waals surface area (Å²) in [5, 5.41) is 15.1. The molecule has 8 nitrogen and oxygen atoms in total. The van der Waals surface area contributed by atoms with E-state index < -0.39 is 17.1 Å². The summed E-state index contributed by atoms with van der Waals surface area (Å²) in [5.41, 5.74) is 2.30. The lowest BCUT2D eigenvalue weighted by molar-refractivity contribution is 0.102. The number of hydrogen-bond acceptors (Lipinski definition) is 6. The number of aliphatic imine (C=N–C) groups is 2. The molecule has 9 heteroatoms. The van der Waals surface area contributed by atoms with E-state index in [0.29, 0.717) is 34.0 Å². The fourth-order valence-electron chi connectivity index (χ4n) is 3.93. The topological polar surface area (TPSA) is 118 Å². The Labute approximate surface area is 220 Å². The van der Waals surface area contributed by atoms with Crippen LogP contribution in [0, 0.1) is 17.1 Å². The van der Waals surface area contributed by atoms with Gasteiger partial charge in [-0.1, -0.05) is 18.2 Å². The highest BCUT2D eigenvalue weighted by molar-refractivity contribution is 6.18. The van der Waals surface area contributed by atoms with E-state index in [4.69, 9.17) is 0 Å². The molecule has 0 aliphatic carbocycles. The molecule has 1 amide bonds. The van der Waals surface area contributed by atoms with Crippen LogP contribution in [-0.2, 0) is 5.41 Å². The highest BCUT2D eigenvalue weighted by atomic mass is 19.1. The van der Waals surface area contributed by atoms with Crippen LogP contribution in [0.4, 0.5) is 27.4 Å². The predicted molar refractivity (Wildman–Crippen MR) is 149 cm³/mol. The van der Waals surface area contributed by atoms with Crippen molar-refractivity contribution in [3.63, 3.8) is 0 Å². The normalized spacial score (nSPS) is 11.5. The molecule has 0 saturated carbocycles. The zero-order chi connectivity index (χ0) is 27.3. The summed E-state index contributed by atoms with van der Waals surface area (Å²) in [4.78, 5) is 28.8. The van der Waals surface area contributed by atoms with Gasteiger partial charge in [0.1, 0.15) is 11.6 Å². The molecule has 0 atom stereocenters. The first-order chi connectivity index (χ1) is 18.3. The van der Waals surface area contributed by atoms with Crippen LogP contribution in [0.25, 0.3) is 0 Å². The fraction of sp³-hybridized carbons (Fsp3) is 0.138. The minimum atomic E-state index is -0.769. The first-order valence-corrected chi connectivity index (χ1v) is 11.7. The number of carbonyl (C=O) groups excluding carboxylic acids is 1. The van der Waals surface area contributed by atoms with Crippen LogP contribution in [0.1, 0.15) is 40.9 Å². The van der Waals surface area contributed by atoms with Crippen molar-refractivity contribution >= 4 is 41.3 Å². The number of hydrogen-bond donors (Lipinski definition) is 3. The summed E-state index contributed by atoms with van der Waals surface area (Å²) < 4.78 is 15.6. The van der Waals surface area contributed by atoms with E-state index >= 15 is 4.39 Å². The molecule has 0 radical (unpaired) electrons. The van der Waals surface area contributed by atoms with E-state index in [0.717, 1.165) is 5.56 Å². The third-order valence-electron chi connectivity index (χ3n) is 6.05. The summed E-state index contributed by atoms with van der Waals surface area (Å²) in [6.45, 7) is 7.12. The van der Waals surface area contributed by atoms with Gasteiger partial charge < -0.3 is 15.6 Å². The minimum absolute atomic E-state index is 0.00409. The number of nitrogens with one attached hydrogen (secondary N) is 3. The van der Waals surface area contributed by atoms with Crippen molar-refractivity contribution in [1.29, 1.82) is 5.26 Å². The molecule has 2 aromatic carbocycles. The van der Waals surface area contributed by atoms with Crippen molar-refractivity contribution < 1.29 is 9.18 Å². The minimum Gasteiger partial charge on any atom is -0.346 e. The van der Waals surface area contributed by atoms with Gasteiger partial charge in [0.05, 0.1) is 28.6 Å². The number of nitrogens with zero attached hydrogens (tertiary/aromatic N) is 4. The number of amides is 1. The Morgan fingerprint density at radius 2 is 1.87 bits per heavy atom. The second-order valence-electron chi connectivity index (χ2n) is 8.93. The van der Waals surface area contributed by atoms with Gasteiger partial charge in [0, 0.05) is 36.1 Å². The zero-order valence-electron chi connectivity index (χ0n) is 21.2. The maximum atomic E-state index is 15.6. The maximum Gasteiger partial charge on any atom is 0.255 e. The predicted octanol–water partition coefficient (Wildman–Crippen LogP) is 6.15. The molecule has 4 rings (SSSR count). The Hall–Kier alpha value is -5.10. The molecule has 0 bridgehead atoms. The lowest BCUT2D eigenvalue weighted by atomic mass is 9.85. The average Bonchev–Trinajstić information content (AvgIpc) is 3.41. The zero-order valence-corrected chi connectivity index (χ0v) is 21.2. The molecule has 190 valence electrons. The van der Waals surface area contributed by atoms with Crippen molar-refractivity contribution in [2.24, 2.45) is 9.98 Å². The summed E-state index contributed by atoms with van der Waals surface area (Å²) in [5.74, 6) is -0.222. The molecule has 2 aromatic heterocycles. The van der Waals surface area contributed by atoms with Gasteiger partial charge in [0.15, 0.2) is 5.82 Å². The molecule has 0 aliphatic heterocycles. The van der Waals surface area contributed by atoms with Crippen LogP contribution in [0.3, 0.4) is 0 Å². The summed E-state index contributed by atoms with van der Waals surface area (Å²) >= 11 is 0. The van der Waals surface area contributed by atoms with Crippen LogP contribution in [0.5, 0.6) is 0 Å². The van der Waals surface area contributed by atoms with Crippen LogP contribution in [0.15, 0.2) is 83.0 Å². The molecular formula is C29H26FN7O. The van der Waals surface area contributed by atoms with Gasteiger partial charge >= 0.3 is 0 Å². The second kappa shape index (κ2) is 10.9. The van der Waals surface area contributed by atoms with Crippen molar-refractivity contribution in [2.45, 2.75) is 19.3 Å². The molecule has 0 saturated heterocycles. The van der Waals surface area contributed by atoms with Crippen LogP contribution in [-0.4, -0.2) is 35.4 Å². The van der Waals surface area contributed by atoms with Crippen LogP contribution in [0.2, 0.25) is 0 Å². The van der Waals surface area contributed by atoms with Crippen LogP contribution >= 0.6 is 0 Å². The van der Waals surface area contributed by atoms with Gasteiger partial charge in [-0.2, -0.15) is 5.26 Å². The van der Waals surface area contributed by atoms with Crippen LogP contribution < -0.4 is 10.6 Å². The highest BCUT2D eigenvalue weighted by Gasteiger charge is 2.22. The molecule has 2 heterocycles.